The van der Waals surface area contributed by atoms with Gasteiger partial charge in [-0.1, -0.05) is 0 Å². The van der Waals surface area contributed by atoms with Crippen LogP contribution in [0.25, 0.3) is 0 Å². The summed E-state index contributed by atoms with van der Waals surface area (Å²) in [6.07, 6.45) is 1.88. The van der Waals surface area contributed by atoms with Gasteiger partial charge in [-0.05, 0) is 24.8 Å². The maximum atomic E-state index is 13.2. The summed E-state index contributed by atoms with van der Waals surface area (Å²) in [6.45, 7) is 2.86. The monoisotopic (exact) mass is 392 g/mol. The Labute approximate surface area is 155 Å². The average Bonchev–Trinajstić information content (AvgIpc) is 3.24. The predicted molar refractivity (Wildman–Crippen MR) is 96.6 cm³/mol. The molecule has 25 heavy (non-hydrogen) atoms. The number of methoxy groups -OCH3 is 3. The summed E-state index contributed by atoms with van der Waals surface area (Å²) >= 11 is 0. The molecule has 0 saturated carbocycles. The van der Waals surface area contributed by atoms with Crippen LogP contribution in [0.5, 0.6) is 17.2 Å². The van der Waals surface area contributed by atoms with Crippen molar-refractivity contribution in [2.24, 2.45) is 5.41 Å². The molecule has 0 aliphatic carbocycles. The van der Waals surface area contributed by atoms with Crippen molar-refractivity contribution in [3.05, 3.63) is 12.1 Å². The van der Waals surface area contributed by atoms with Crippen molar-refractivity contribution in [3.8, 4) is 17.2 Å². The minimum Gasteiger partial charge on any atom is -0.496 e. The van der Waals surface area contributed by atoms with E-state index in [1.807, 2.05) is 0 Å². The first-order valence-corrected chi connectivity index (χ1v) is 9.41. The lowest BCUT2D eigenvalue weighted by atomic mass is 9.87. The fraction of sp³-hybridized carbons (Fsp3) is 0.625. The van der Waals surface area contributed by atoms with Gasteiger partial charge >= 0.3 is 0 Å². The molecule has 1 atom stereocenters. The molecule has 2 aliphatic heterocycles. The highest BCUT2D eigenvalue weighted by Gasteiger charge is 2.45. The molecule has 1 aromatic carbocycles. The number of halogens is 1. The number of sulfonamides is 1. The summed E-state index contributed by atoms with van der Waals surface area (Å²) in [6, 6.07) is 3.14. The summed E-state index contributed by atoms with van der Waals surface area (Å²) in [5, 5.41) is 3.34. The van der Waals surface area contributed by atoms with E-state index in [4.69, 9.17) is 14.2 Å². The van der Waals surface area contributed by atoms with Crippen LogP contribution >= 0.6 is 12.4 Å². The van der Waals surface area contributed by atoms with Gasteiger partial charge < -0.3 is 19.5 Å². The molecule has 2 fully saturated rings. The van der Waals surface area contributed by atoms with Crippen LogP contribution in [-0.2, 0) is 10.0 Å². The highest BCUT2D eigenvalue weighted by Crippen LogP contribution is 2.43. The van der Waals surface area contributed by atoms with E-state index >= 15 is 0 Å². The molecule has 0 aromatic heterocycles. The molecule has 0 amide bonds. The van der Waals surface area contributed by atoms with E-state index in [9.17, 15) is 8.42 Å². The Morgan fingerprint density at radius 2 is 1.72 bits per heavy atom. The van der Waals surface area contributed by atoms with E-state index in [0.29, 0.717) is 18.8 Å². The lowest BCUT2D eigenvalue weighted by Gasteiger charge is -2.24. The van der Waals surface area contributed by atoms with Crippen molar-refractivity contribution < 1.29 is 22.6 Å². The number of ether oxygens (including phenoxy) is 3. The molecule has 1 spiro atoms. The number of hydrogen-bond acceptors (Lipinski definition) is 6. The van der Waals surface area contributed by atoms with Crippen LogP contribution in [0.4, 0.5) is 0 Å². The molecule has 9 heteroatoms. The van der Waals surface area contributed by atoms with Crippen LogP contribution in [0.15, 0.2) is 17.0 Å². The third kappa shape index (κ3) is 3.53. The molecular formula is C16H25ClN2O5S. The molecule has 142 valence electrons. The van der Waals surface area contributed by atoms with Gasteiger partial charge in [0.15, 0.2) is 4.90 Å². The van der Waals surface area contributed by atoms with Crippen molar-refractivity contribution in [2.45, 2.75) is 17.7 Å². The van der Waals surface area contributed by atoms with Crippen LogP contribution in [0.1, 0.15) is 12.8 Å². The van der Waals surface area contributed by atoms with Gasteiger partial charge in [0.05, 0.1) is 21.3 Å². The van der Waals surface area contributed by atoms with Gasteiger partial charge in [-0.2, -0.15) is 4.31 Å². The zero-order valence-electron chi connectivity index (χ0n) is 14.7. The van der Waals surface area contributed by atoms with Gasteiger partial charge in [0, 0.05) is 31.8 Å². The molecule has 7 nitrogen and oxygen atoms in total. The molecule has 2 heterocycles. The molecule has 0 bridgehead atoms. The van der Waals surface area contributed by atoms with Crippen molar-refractivity contribution in [3.63, 3.8) is 0 Å². The average molecular weight is 393 g/mol. The summed E-state index contributed by atoms with van der Waals surface area (Å²) in [5.74, 6) is 0.953. The lowest BCUT2D eigenvalue weighted by molar-refractivity contribution is 0.333. The third-order valence-corrected chi connectivity index (χ3v) is 6.91. The Bertz CT molecular complexity index is 694. The Hall–Kier alpha value is -1.22. The van der Waals surface area contributed by atoms with Gasteiger partial charge in [-0.3, -0.25) is 0 Å². The Balaban J connectivity index is 0.00000225. The molecule has 3 rings (SSSR count). The first-order chi connectivity index (χ1) is 11.5. The number of hydrogen-bond donors (Lipinski definition) is 1. The van der Waals surface area contributed by atoms with E-state index < -0.39 is 10.0 Å². The molecule has 1 aromatic rings. The summed E-state index contributed by atoms with van der Waals surface area (Å²) < 4.78 is 43.8. The normalized spacial score (nSPS) is 23.5. The highest BCUT2D eigenvalue weighted by molar-refractivity contribution is 7.89. The van der Waals surface area contributed by atoms with Crippen molar-refractivity contribution in [1.29, 1.82) is 0 Å². The van der Waals surface area contributed by atoms with Crippen LogP contribution in [0, 0.1) is 5.41 Å². The first-order valence-electron chi connectivity index (χ1n) is 7.97. The van der Waals surface area contributed by atoms with Gasteiger partial charge in [0.1, 0.15) is 17.2 Å². The molecule has 2 saturated heterocycles. The number of rotatable bonds is 5. The molecule has 1 N–H and O–H groups in total. The van der Waals surface area contributed by atoms with Crippen LogP contribution < -0.4 is 19.5 Å². The van der Waals surface area contributed by atoms with Crippen molar-refractivity contribution in [2.75, 3.05) is 47.5 Å². The van der Waals surface area contributed by atoms with Gasteiger partial charge in [-0.15, -0.1) is 12.4 Å². The molecule has 0 radical (unpaired) electrons. The fourth-order valence-electron chi connectivity index (χ4n) is 3.60. The third-order valence-electron chi connectivity index (χ3n) is 5.00. The second-order valence-electron chi connectivity index (χ2n) is 6.38. The summed E-state index contributed by atoms with van der Waals surface area (Å²) in [5.41, 5.74) is 0.0556. The van der Waals surface area contributed by atoms with E-state index in [-0.39, 0.29) is 34.2 Å². The summed E-state index contributed by atoms with van der Waals surface area (Å²) in [7, 11) is 0.689. The Morgan fingerprint density at radius 1 is 1.08 bits per heavy atom. The molecular weight excluding hydrogens is 368 g/mol. The van der Waals surface area contributed by atoms with E-state index in [1.165, 1.54) is 21.3 Å². The SMILES string of the molecule is COc1cc(OC)c(S(=O)(=O)N2CCC3(CCNC3)C2)c(OC)c1.Cl. The largest absolute Gasteiger partial charge is 0.496 e. The fourth-order valence-corrected chi connectivity index (χ4v) is 5.43. The van der Waals surface area contributed by atoms with Crippen LogP contribution in [0.2, 0.25) is 0 Å². The molecule has 1 unspecified atom stereocenters. The van der Waals surface area contributed by atoms with E-state index in [2.05, 4.69) is 5.32 Å². The van der Waals surface area contributed by atoms with Crippen molar-refractivity contribution >= 4 is 22.4 Å². The number of nitrogens with zero attached hydrogens (tertiary/aromatic N) is 1. The van der Waals surface area contributed by atoms with E-state index in [1.54, 1.807) is 16.4 Å². The second-order valence-corrected chi connectivity index (χ2v) is 8.25. The van der Waals surface area contributed by atoms with Gasteiger partial charge in [-0.25, -0.2) is 8.42 Å². The topological polar surface area (TPSA) is 77.1 Å². The number of benzene rings is 1. The molecule has 2 aliphatic rings. The van der Waals surface area contributed by atoms with Crippen LogP contribution in [0.3, 0.4) is 0 Å². The Kier molecular flexibility index (Phi) is 6.09. The maximum absolute atomic E-state index is 13.2. The standard InChI is InChI=1S/C16H24N2O5S.ClH/c1-21-12-8-13(22-2)15(14(9-12)23-3)24(19,20)18-7-5-16(11-18)4-6-17-10-16;/h8-9,17H,4-7,10-11H2,1-3H3;1H. The minimum atomic E-state index is -3.71. The first kappa shape index (κ1) is 20.1. The zero-order chi connectivity index (χ0) is 17.4. The summed E-state index contributed by atoms with van der Waals surface area (Å²) in [4.78, 5) is 0.0660. The highest BCUT2D eigenvalue weighted by atomic mass is 35.5. The smallest absolute Gasteiger partial charge is 0.250 e. The van der Waals surface area contributed by atoms with Crippen molar-refractivity contribution in [1.82, 2.24) is 9.62 Å². The lowest BCUT2D eigenvalue weighted by Crippen LogP contribution is -2.33. The number of nitrogens with one attached hydrogen (secondary N) is 1. The van der Waals surface area contributed by atoms with E-state index in [0.717, 1.165) is 25.9 Å². The predicted octanol–water partition coefficient (Wildman–Crippen LogP) is 1.51. The Morgan fingerprint density at radius 3 is 2.20 bits per heavy atom. The van der Waals surface area contributed by atoms with Gasteiger partial charge in [0.25, 0.3) is 10.0 Å². The van der Waals surface area contributed by atoms with Crippen LogP contribution in [-0.4, -0.2) is 60.2 Å². The second kappa shape index (κ2) is 7.57. The quantitative estimate of drug-likeness (QED) is 0.818. The van der Waals surface area contributed by atoms with Gasteiger partial charge in [0.2, 0.25) is 0 Å². The minimum absolute atomic E-state index is 0. The maximum Gasteiger partial charge on any atom is 0.250 e. The zero-order valence-corrected chi connectivity index (χ0v) is 16.3.